The summed E-state index contributed by atoms with van der Waals surface area (Å²) < 4.78 is 8.59. The molecule has 1 aliphatic heterocycles. The number of nitrogens with zero attached hydrogens (tertiary/aromatic N) is 3. The number of piperidine rings is 1. The van der Waals surface area contributed by atoms with Gasteiger partial charge < -0.3 is 14.2 Å². The molecule has 10 heteroatoms. The average Bonchev–Trinajstić information content (AvgIpc) is 3.04. The fraction of sp³-hybridized carbons (Fsp3) is 0.524. The van der Waals surface area contributed by atoms with Gasteiger partial charge >= 0.3 is 5.97 Å². The maximum absolute atomic E-state index is 12.5. The number of fused-ring (bicyclic) bond motifs is 1. The van der Waals surface area contributed by atoms with Crippen molar-refractivity contribution in [2.24, 2.45) is 4.99 Å². The minimum atomic E-state index is -0.380. The monoisotopic (exact) mass is 527 g/mol. The highest BCUT2D eigenvalue weighted by Crippen LogP contribution is 2.22. The molecule has 0 spiro atoms. The number of carbonyl (C=O) groups is 3. The van der Waals surface area contributed by atoms with Gasteiger partial charge in [-0.2, -0.15) is 4.99 Å². The lowest BCUT2D eigenvalue weighted by atomic mass is 10.0. The summed E-state index contributed by atoms with van der Waals surface area (Å²) in [6.45, 7) is 4.90. The van der Waals surface area contributed by atoms with E-state index in [0.29, 0.717) is 11.4 Å². The molecule has 1 aromatic heterocycles. The average molecular weight is 528 g/mol. The Labute approximate surface area is 198 Å². The zero-order valence-corrected chi connectivity index (χ0v) is 20.9. The first-order valence-corrected chi connectivity index (χ1v) is 13.0. The van der Waals surface area contributed by atoms with Crippen molar-refractivity contribution in [2.45, 2.75) is 45.7 Å². The van der Waals surface area contributed by atoms with E-state index in [0.717, 1.165) is 40.5 Å². The molecule has 1 atom stereocenters. The van der Waals surface area contributed by atoms with Crippen molar-refractivity contribution in [3.8, 4) is 0 Å². The summed E-state index contributed by atoms with van der Waals surface area (Å²) in [6, 6.07) is 5.96. The van der Waals surface area contributed by atoms with Crippen LogP contribution in [0.4, 0.5) is 0 Å². The summed E-state index contributed by atoms with van der Waals surface area (Å²) >= 11 is 6.07. The largest absolute Gasteiger partial charge is 0.465 e. The van der Waals surface area contributed by atoms with Crippen molar-refractivity contribution in [3.05, 3.63) is 27.5 Å². The number of thioether (sulfide) groups is 1. The van der Waals surface area contributed by atoms with E-state index in [2.05, 4.69) is 27.8 Å². The van der Waals surface area contributed by atoms with E-state index in [1.54, 1.807) is 11.5 Å². The van der Waals surface area contributed by atoms with E-state index in [1.807, 2.05) is 23.1 Å². The molecule has 3 rings (SSSR count). The molecule has 0 aliphatic carbocycles. The van der Waals surface area contributed by atoms with Crippen molar-refractivity contribution >= 4 is 67.0 Å². The van der Waals surface area contributed by atoms with Crippen LogP contribution in [0, 0.1) is 0 Å². The highest BCUT2D eigenvalue weighted by Gasteiger charge is 2.23. The fourth-order valence-corrected chi connectivity index (χ4v) is 5.82. The highest BCUT2D eigenvalue weighted by atomic mass is 79.9. The minimum absolute atomic E-state index is 0.0138. The Hall–Kier alpha value is -1.65. The summed E-state index contributed by atoms with van der Waals surface area (Å²) in [6.07, 6.45) is 3.23. The molecule has 1 unspecified atom stereocenters. The number of likely N-dealkylation sites (tertiary alicyclic amines) is 1. The van der Waals surface area contributed by atoms with Crippen LogP contribution in [0.15, 0.2) is 27.7 Å². The van der Waals surface area contributed by atoms with Gasteiger partial charge in [0.25, 0.3) is 5.91 Å². The summed E-state index contributed by atoms with van der Waals surface area (Å²) in [5.41, 5.74) is 0.815. The normalized spacial score (nSPS) is 17.2. The second-order valence-corrected chi connectivity index (χ2v) is 10.2. The molecule has 0 bridgehead atoms. The van der Waals surface area contributed by atoms with Crippen LogP contribution in [-0.4, -0.2) is 57.9 Å². The first-order chi connectivity index (χ1) is 14.9. The first-order valence-electron chi connectivity index (χ1n) is 10.3. The van der Waals surface area contributed by atoms with Gasteiger partial charge in [-0.3, -0.25) is 14.4 Å². The van der Waals surface area contributed by atoms with Gasteiger partial charge in [-0.15, -0.1) is 11.8 Å². The number of aromatic nitrogens is 1. The molecule has 2 heterocycles. The molecule has 31 heavy (non-hydrogen) atoms. The zero-order valence-electron chi connectivity index (χ0n) is 17.6. The third-order valence-electron chi connectivity index (χ3n) is 5.03. The number of amides is 2. The Morgan fingerprint density at radius 3 is 2.84 bits per heavy atom. The van der Waals surface area contributed by atoms with E-state index in [1.165, 1.54) is 23.1 Å². The van der Waals surface area contributed by atoms with Gasteiger partial charge in [0.15, 0.2) is 4.80 Å². The minimum Gasteiger partial charge on any atom is -0.465 e. The molecular formula is C21H26BrN3O4S2. The van der Waals surface area contributed by atoms with Crippen molar-refractivity contribution in [1.29, 1.82) is 0 Å². The lowest BCUT2D eigenvalue weighted by Crippen LogP contribution is -2.43. The smallest absolute Gasteiger partial charge is 0.326 e. The number of esters is 1. The molecule has 7 nitrogen and oxygen atoms in total. The third-order valence-corrected chi connectivity index (χ3v) is 7.47. The molecule has 2 aromatic rings. The summed E-state index contributed by atoms with van der Waals surface area (Å²) in [4.78, 5) is 43.6. The van der Waals surface area contributed by atoms with E-state index >= 15 is 0 Å². The molecule has 0 radical (unpaired) electrons. The van der Waals surface area contributed by atoms with Crippen LogP contribution < -0.4 is 4.80 Å². The predicted octanol–water partition coefficient (Wildman–Crippen LogP) is 3.59. The van der Waals surface area contributed by atoms with Crippen LogP contribution in [0.1, 0.15) is 33.1 Å². The molecule has 168 valence electrons. The second kappa shape index (κ2) is 11.3. The lowest BCUT2D eigenvalue weighted by molar-refractivity contribution is -0.143. The molecule has 1 aliphatic rings. The fourth-order valence-electron chi connectivity index (χ4n) is 3.54. The number of ether oxygens (including phenoxy) is 1. The van der Waals surface area contributed by atoms with Gasteiger partial charge in [0.05, 0.1) is 28.3 Å². The van der Waals surface area contributed by atoms with Crippen LogP contribution >= 0.6 is 39.0 Å². The molecule has 1 aromatic carbocycles. The van der Waals surface area contributed by atoms with Gasteiger partial charge in [0.2, 0.25) is 5.91 Å². The van der Waals surface area contributed by atoms with Crippen LogP contribution in [0.2, 0.25) is 0 Å². The topological polar surface area (TPSA) is 81.0 Å². The maximum atomic E-state index is 12.5. The number of thiazole rings is 1. The summed E-state index contributed by atoms with van der Waals surface area (Å²) in [5, 5.41) is 0. The molecule has 2 amide bonds. The Bertz CT molecular complexity index is 1030. The molecule has 0 saturated carbocycles. The molecule has 0 N–H and O–H groups in total. The Morgan fingerprint density at radius 2 is 2.10 bits per heavy atom. The number of halogens is 1. The number of rotatable bonds is 7. The highest BCUT2D eigenvalue weighted by molar-refractivity contribution is 9.10. The zero-order chi connectivity index (χ0) is 22.4. The molecule has 1 saturated heterocycles. The third kappa shape index (κ3) is 6.43. The van der Waals surface area contributed by atoms with Gasteiger partial charge in [-0.05, 0) is 51.3 Å². The summed E-state index contributed by atoms with van der Waals surface area (Å²) in [7, 11) is 0. The van der Waals surface area contributed by atoms with Crippen molar-refractivity contribution in [3.63, 3.8) is 0 Å². The van der Waals surface area contributed by atoms with Crippen molar-refractivity contribution < 1.29 is 19.1 Å². The predicted molar refractivity (Wildman–Crippen MR) is 127 cm³/mol. The number of hydrogen-bond acceptors (Lipinski definition) is 6. The van der Waals surface area contributed by atoms with Crippen LogP contribution in [0.25, 0.3) is 10.2 Å². The Morgan fingerprint density at radius 1 is 1.29 bits per heavy atom. The summed E-state index contributed by atoms with van der Waals surface area (Å²) in [5.74, 6) is -0.240. The Kier molecular flexibility index (Phi) is 8.74. The number of benzene rings is 1. The van der Waals surface area contributed by atoms with E-state index < -0.39 is 0 Å². The van der Waals surface area contributed by atoms with Crippen molar-refractivity contribution in [2.75, 3.05) is 24.7 Å². The van der Waals surface area contributed by atoms with E-state index in [4.69, 9.17) is 4.74 Å². The van der Waals surface area contributed by atoms with Crippen LogP contribution in [-0.2, 0) is 25.7 Å². The number of hydrogen-bond donors (Lipinski definition) is 0. The first kappa shape index (κ1) is 24.0. The quantitative estimate of drug-likeness (QED) is 0.514. The molecular weight excluding hydrogens is 502 g/mol. The van der Waals surface area contributed by atoms with Gasteiger partial charge in [0, 0.05) is 17.1 Å². The van der Waals surface area contributed by atoms with Gasteiger partial charge in [-0.1, -0.05) is 27.3 Å². The Balaban J connectivity index is 1.70. The lowest BCUT2D eigenvalue weighted by Gasteiger charge is -2.33. The van der Waals surface area contributed by atoms with Crippen molar-refractivity contribution in [1.82, 2.24) is 9.47 Å². The van der Waals surface area contributed by atoms with E-state index in [-0.39, 0.29) is 41.9 Å². The standard InChI is InChI=1S/C21H26BrN3O4S2/c1-3-29-20(28)11-25-16-8-7-15(22)10-17(16)31-21(25)23-18(26)12-30-13-19(27)24-9-5-4-6-14(24)2/h7-8,10,14H,3-6,9,11-13H2,1-2H3. The van der Waals surface area contributed by atoms with Gasteiger partial charge in [0.1, 0.15) is 6.54 Å². The van der Waals surface area contributed by atoms with Crippen LogP contribution in [0.5, 0.6) is 0 Å². The van der Waals surface area contributed by atoms with Gasteiger partial charge in [-0.25, -0.2) is 0 Å². The maximum Gasteiger partial charge on any atom is 0.326 e. The van der Waals surface area contributed by atoms with Crippen LogP contribution in [0.3, 0.4) is 0 Å². The number of carbonyl (C=O) groups excluding carboxylic acids is 3. The SMILES string of the molecule is CCOC(=O)Cn1c(=NC(=O)CSCC(=O)N2CCCCC2C)sc2cc(Br)ccc21. The van der Waals surface area contributed by atoms with E-state index in [9.17, 15) is 14.4 Å². The second-order valence-electron chi connectivity index (χ2n) is 7.32. The molecule has 1 fully saturated rings.